The summed E-state index contributed by atoms with van der Waals surface area (Å²) < 4.78 is 1.68. The van der Waals surface area contributed by atoms with E-state index < -0.39 is 4.92 Å². The molecule has 120 valence electrons. The molecule has 2 aromatic heterocycles. The van der Waals surface area contributed by atoms with E-state index in [-0.39, 0.29) is 5.69 Å². The molecular weight excluding hydrogens is 324 g/mol. The number of nitro groups is 1. The Morgan fingerprint density at radius 2 is 2.17 bits per heavy atom. The van der Waals surface area contributed by atoms with Crippen molar-refractivity contribution in [2.75, 3.05) is 0 Å². The number of pyridine rings is 1. The van der Waals surface area contributed by atoms with Gasteiger partial charge in [-0.15, -0.1) is 0 Å². The monoisotopic (exact) mass is 338 g/mol. The van der Waals surface area contributed by atoms with Crippen molar-refractivity contribution in [3.8, 4) is 6.07 Å². The van der Waals surface area contributed by atoms with Crippen molar-refractivity contribution < 1.29 is 4.92 Å². The summed E-state index contributed by atoms with van der Waals surface area (Å²) in [6.07, 6.45) is 2.72. The summed E-state index contributed by atoms with van der Waals surface area (Å²) in [6, 6.07) is 12.8. The van der Waals surface area contributed by atoms with Crippen LogP contribution >= 0.6 is 11.8 Å². The van der Waals surface area contributed by atoms with Gasteiger partial charge in [-0.3, -0.25) is 10.1 Å². The quantitative estimate of drug-likeness (QED) is 0.399. The lowest BCUT2D eigenvalue weighted by Crippen LogP contribution is -1.93. The van der Waals surface area contributed by atoms with Gasteiger partial charge < -0.3 is 0 Å². The first-order valence-electron chi connectivity index (χ1n) is 7.40. The molecule has 0 bridgehead atoms. The molecule has 0 radical (unpaired) electrons. The molecule has 0 saturated carbocycles. The van der Waals surface area contributed by atoms with E-state index in [0.29, 0.717) is 21.9 Å². The number of nitrogens with zero attached hydrogens (tertiary/aromatic N) is 4. The fourth-order valence-electron chi connectivity index (χ4n) is 2.45. The summed E-state index contributed by atoms with van der Waals surface area (Å²) in [5.41, 5.74) is 3.10. The zero-order valence-electron chi connectivity index (χ0n) is 13.0. The number of benzene rings is 1. The lowest BCUT2D eigenvalue weighted by Gasteiger charge is -2.01. The first-order valence-corrected chi connectivity index (χ1v) is 8.39. The highest BCUT2D eigenvalue weighted by molar-refractivity contribution is 7.98. The Kier molecular flexibility index (Phi) is 4.49. The minimum absolute atomic E-state index is 0.0838. The van der Waals surface area contributed by atoms with Crippen molar-refractivity contribution in [2.24, 2.45) is 0 Å². The molecule has 0 atom stereocenters. The smallest absolute Gasteiger partial charge is 0.258 e. The van der Waals surface area contributed by atoms with E-state index in [2.05, 4.69) is 18.1 Å². The van der Waals surface area contributed by atoms with Crippen molar-refractivity contribution in [3.05, 3.63) is 69.4 Å². The van der Waals surface area contributed by atoms with Crippen LogP contribution in [0, 0.1) is 21.4 Å². The molecule has 24 heavy (non-hydrogen) atoms. The third-order valence-corrected chi connectivity index (χ3v) is 4.75. The molecule has 0 spiro atoms. The molecule has 6 nitrogen and oxygen atoms in total. The number of para-hydroxylation sites is 1. The van der Waals surface area contributed by atoms with E-state index in [1.807, 2.05) is 18.3 Å². The molecular formula is C17H14N4O2S. The Labute approximate surface area is 142 Å². The normalized spacial score (nSPS) is 10.7. The van der Waals surface area contributed by atoms with Crippen molar-refractivity contribution in [1.82, 2.24) is 9.61 Å². The third-order valence-electron chi connectivity index (χ3n) is 3.74. The van der Waals surface area contributed by atoms with Gasteiger partial charge >= 0.3 is 0 Å². The van der Waals surface area contributed by atoms with Gasteiger partial charge in [-0.1, -0.05) is 36.9 Å². The van der Waals surface area contributed by atoms with Gasteiger partial charge in [0.25, 0.3) is 5.69 Å². The van der Waals surface area contributed by atoms with E-state index in [9.17, 15) is 15.4 Å². The van der Waals surface area contributed by atoms with Crippen LogP contribution in [-0.2, 0) is 12.2 Å². The van der Waals surface area contributed by atoms with Gasteiger partial charge in [-0.25, -0.2) is 4.52 Å². The van der Waals surface area contributed by atoms with E-state index >= 15 is 0 Å². The van der Waals surface area contributed by atoms with E-state index in [1.54, 1.807) is 22.7 Å². The lowest BCUT2D eigenvalue weighted by molar-refractivity contribution is -0.385. The Balaban J connectivity index is 1.94. The minimum Gasteiger partial charge on any atom is -0.258 e. The van der Waals surface area contributed by atoms with Gasteiger partial charge in [0.15, 0.2) is 0 Å². The Morgan fingerprint density at radius 3 is 2.88 bits per heavy atom. The highest BCUT2D eigenvalue weighted by Crippen LogP contribution is 2.30. The molecule has 7 heteroatoms. The topological polar surface area (TPSA) is 84.2 Å². The molecule has 3 rings (SSSR count). The van der Waals surface area contributed by atoms with Gasteiger partial charge in [-0.2, -0.15) is 10.4 Å². The van der Waals surface area contributed by atoms with Crippen LogP contribution in [0.1, 0.15) is 23.6 Å². The van der Waals surface area contributed by atoms with Gasteiger partial charge in [0.1, 0.15) is 16.7 Å². The molecule has 0 amide bonds. The summed E-state index contributed by atoms with van der Waals surface area (Å²) in [5.74, 6) is 0.385. The molecule has 3 aromatic rings. The molecule has 0 aliphatic heterocycles. The Morgan fingerprint density at radius 1 is 1.38 bits per heavy atom. The fraction of sp³-hybridized carbons (Fsp3) is 0.176. The van der Waals surface area contributed by atoms with Crippen LogP contribution in [0.15, 0.2) is 47.6 Å². The number of nitro benzene ring substituents is 1. The summed E-state index contributed by atoms with van der Waals surface area (Å²) in [4.78, 5) is 10.7. The predicted octanol–water partition coefficient (Wildman–Crippen LogP) is 3.97. The number of fused-ring (bicyclic) bond motifs is 1. The summed E-state index contributed by atoms with van der Waals surface area (Å²) >= 11 is 1.34. The molecule has 1 aromatic carbocycles. The number of thioether (sulfide) groups is 1. The first kappa shape index (κ1) is 16.0. The van der Waals surface area contributed by atoms with Crippen molar-refractivity contribution >= 4 is 23.0 Å². The van der Waals surface area contributed by atoms with Gasteiger partial charge in [0.2, 0.25) is 0 Å². The number of hydrogen-bond donors (Lipinski definition) is 0. The van der Waals surface area contributed by atoms with Crippen LogP contribution in [0.3, 0.4) is 0 Å². The SMILES string of the molecule is CCc1ccn2nc(SCc3ccccc3[N+](=O)[O-])c(C#N)c2c1. The number of rotatable bonds is 5. The van der Waals surface area contributed by atoms with Crippen LogP contribution in [0.5, 0.6) is 0 Å². The third kappa shape index (κ3) is 2.96. The second kappa shape index (κ2) is 6.72. The number of nitriles is 1. The summed E-state index contributed by atoms with van der Waals surface area (Å²) in [6.45, 7) is 2.05. The van der Waals surface area contributed by atoms with Crippen LogP contribution in [0.2, 0.25) is 0 Å². The lowest BCUT2D eigenvalue weighted by atomic mass is 10.2. The first-order chi connectivity index (χ1) is 11.6. The van der Waals surface area contributed by atoms with Crippen molar-refractivity contribution in [1.29, 1.82) is 5.26 Å². The van der Waals surface area contributed by atoms with Crippen LogP contribution < -0.4 is 0 Å². The van der Waals surface area contributed by atoms with Gasteiger partial charge in [-0.05, 0) is 24.1 Å². The van der Waals surface area contributed by atoms with E-state index in [1.165, 1.54) is 17.8 Å². The molecule has 0 saturated heterocycles. The molecule has 0 N–H and O–H groups in total. The standard InChI is InChI=1S/C17H14N4O2S/c1-2-12-7-8-20-16(9-12)14(10-18)17(19-20)24-11-13-5-3-4-6-15(13)21(22)23/h3-9H,2,11H2,1H3. The minimum atomic E-state index is -0.391. The molecule has 2 heterocycles. The van der Waals surface area contributed by atoms with Crippen LogP contribution in [-0.4, -0.2) is 14.5 Å². The average Bonchev–Trinajstić information content (AvgIpc) is 2.96. The fourth-order valence-corrected chi connectivity index (χ4v) is 3.43. The second-order valence-electron chi connectivity index (χ2n) is 5.18. The maximum absolute atomic E-state index is 11.1. The number of aryl methyl sites for hydroxylation is 1. The largest absolute Gasteiger partial charge is 0.273 e. The Bertz CT molecular complexity index is 959. The zero-order chi connectivity index (χ0) is 17.1. The maximum atomic E-state index is 11.1. The van der Waals surface area contributed by atoms with E-state index in [0.717, 1.165) is 17.5 Å². The molecule has 0 fully saturated rings. The number of hydrogen-bond acceptors (Lipinski definition) is 5. The maximum Gasteiger partial charge on any atom is 0.273 e. The van der Waals surface area contributed by atoms with Crippen molar-refractivity contribution in [2.45, 2.75) is 24.1 Å². The molecule has 0 unspecified atom stereocenters. The summed E-state index contributed by atoms with van der Waals surface area (Å²) in [5, 5.41) is 25.6. The van der Waals surface area contributed by atoms with Gasteiger partial charge in [0, 0.05) is 23.6 Å². The highest BCUT2D eigenvalue weighted by Gasteiger charge is 2.17. The summed E-state index contributed by atoms with van der Waals surface area (Å²) in [7, 11) is 0. The van der Waals surface area contributed by atoms with E-state index in [4.69, 9.17) is 0 Å². The average molecular weight is 338 g/mol. The number of aromatic nitrogens is 2. The highest BCUT2D eigenvalue weighted by atomic mass is 32.2. The second-order valence-corrected chi connectivity index (χ2v) is 6.15. The van der Waals surface area contributed by atoms with Gasteiger partial charge in [0.05, 0.1) is 10.4 Å². The molecule has 0 aliphatic carbocycles. The Hall–Kier alpha value is -2.85. The predicted molar refractivity (Wildman–Crippen MR) is 91.9 cm³/mol. The zero-order valence-corrected chi connectivity index (χ0v) is 13.8. The van der Waals surface area contributed by atoms with Crippen LogP contribution in [0.4, 0.5) is 5.69 Å². The molecule has 0 aliphatic rings. The van der Waals surface area contributed by atoms with Crippen molar-refractivity contribution in [3.63, 3.8) is 0 Å². The van der Waals surface area contributed by atoms with Crippen LogP contribution in [0.25, 0.3) is 5.52 Å².